The minimum atomic E-state index is -2.97. The zero-order chi connectivity index (χ0) is 10.6. The van der Waals surface area contributed by atoms with E-state index in [1.807, 2.05) is 0 Å². The van der Waals surface area contributed by atoms with Crippen LogP contribution < -0.4 is 15.3 Å². The Morgan fingerprint density at radius 3 is 1.31 bits per heavy atom. The van der Waals surface area contributed by atoms with E-state index in [2.05, 4.69) is 0 Å². The first-order valence-corrected chi connectivity index (χ1v) is 3.11. The molecule has 0 radical (unpaired) electrons. The molecule has 0 amide bonds. The van der Waals surface area contributed by atoms with E-state index in [0.29, 0.717) is 0 Å². The van der Waals surface area contributed by atoms with Crippen LogP contribution in [0.15, 0.2) is 0 Å². The van der Waals surface area contributed by atoms with Gasteiger partial charge in [0.1, 0.15) is 5.60 Å². The quantitative estimate of drug-likeness (QED) is 0.491. The number of aliphatic carboxylic acids is 3. The fourth-order valence-corrected chi connectivity index (χ4v) is 0.684. The van der Waals surface area contributed by atoms with Crippen LogP contribution in [0, 0.1) is 0 Å². The van der Waals surface area contributed by atoms with E-state index in [1.54, 1.807) is 0 Å². The van der Waals surface area contributed by atoms with Crippen LogP contribution in [0.25, 0.3) is 0 Å². The van der Waals surface area contributed by atoms with Crippen LogP contribution in [0.4, 0.5) is 0 Å². The van der Waals surface area contributed by atoms with Crippen LogP contribution in [-0.4, -0.2) is 34.1 Å². The van der Waals surface area contributed by atoms with Gasteiger partial charge in [-0.3, -0.25) is 0 Å². The SMILES string of the molecule is O.O=C([O-])CC(O)(CC(=O)[O-])C(=O)[O-].[Fe+2].[Fe+2]. The fourth-order valence-electron chi connectivity index (χ4n) is 0.684. The summed E-state index contributed by atoms with van der Waals surface area (Å²) in [7, 11) is 0. The molecule has 16 heavy (non-hydrogen) atoms. The van der Waals surface area contributed by atoms with Crippen molar-refractivity contribution in [1.29, 1.82) is 0 Å². The maximum atomic E-state index is 10.1. The molecule has 0 aromatic carbocycles. The van der Waals surface area contributed by atoms with E-state index in [-0.39, 0.29) is 39.6 Å². The van der Waals surface area contributed by atoms with Crippen LogP contribution >= 0.6 is 0 Å². The molecule has 0 rings (SSSR count). The molecular formula is C6H7Fe2O8+. The number of carbonyl (C=O) groups excluding carboxylic acids is 3. The number of carboxylic acids is 3. The second-order valence-electron chi connectivity index (χ2n) is 2.42. The Morgan fingerprint density at radius 2 is 1.19 bits per heavy atom. The molecule has 0 heterocycles. The Hall–Kier alpha value is -0.631. The van der Waals surface area contributed by atoms with Crippen LogP contribution in [-0.2, 0) is 48.5 Å². The summed E-state index contributed by atoms with van der Waals surface area (Å²) in [6.07, 6.45) is -2.72. The van der Waals surface area contributed by atoms with Gasteiger partial charge in [0.2, 0.25) is 0 Å². The molecule has 94 valence electrons. The van der Waals surface area contributed by atoms with Crippen LogP contribution in [0.2, 0.25) is 0 Å². The van der Waals surface area contributed by atoms with Gasteiger partial charge in [-0.25, -0.2) is 0 Å². The monoisotopic (exact) mass is 319 g/mol. The summed E-state index contributed by atoms with van der Waals surface area (Å²) in [6, 6.07) is 0. The summed E-state index contributed by atoms with van der Waals surface area (Å²) in [6.45, 7) is 0. The van der Waals surface area contributed by atoms with E-state index in [1.165, 1.54) is 0 Å². The minimum absolute atomic E-state index is 0. The number of rotatable bonds is 5. The predicted octanol–water partition coefficient (Wildman–Crippen LogP) is -6.08. The van der Waals surface area contributed by atoms with Crippen molar-refractivity contribution in [2.24, 2.45) is 0 Å². The standard InChI is InChI=1S/C6H8O7.2Fe.H2O/c7-3(8)1-6(13,5(11)12)2-4(9)10;;;/h13H,1-2H2,(H,7,8)(H,9,10)(H,11,12);;;1H2/q;2*+2;/p-3. The summed E-state index contributed by atoms with van der Waals surface area (Å²) < 4.78 is 0. The van der Waals surface area contributed by atoms with Gasteiger partial charge in [0.15, 0.2) is 0 Å². The van der Waals surface area contributed by atoms with Gasteiger partial charge in [0, 0.05) is 24.8 Å². The normalized spacial score (nSPS) is 8.81. The molecule has 0 saturated heterocycles. The maximum absolute atomic E-state index is 10.1. The third-order valence-corrected chi connectivity index (χ3v) is 1.25. The van der Waals surface area contributed by atoms with E-state index >= 15 is 0 Å². The van der Waals surface area contributed by atoms with Crippen molar-refractivity contribution in [2.45, 2.75) is 18.4 Å². The molecule has 0 bridgehead atoms. The molecule has 3 N–H and O–H groups in total. The summed E-state index contributed by atoms with van der Waals surface area (Å²) >= 11 is 0. The van der Waals surface area contributed by atoms with Gasteiger partial charge in [-0.1, -0.05) is 0 Å². The molecule has 0 spiro atoms. The molecular weight excluding hydrogens is 312 g/mol. The molecule has 0 aliphatic heterocycles. The van der Waals surface area contributed by atoms with Gasteiger partial charge < -0.3 is 40.3 Å². The number of hydrogen-bond acceptors (Lipinski definition) is 7. The molecule has 0 aliphatic carbocycles. The van der Waals surface area contributed by atoms with Crippen molar-refractivity contribution >= 4 is 17.9 Å². The zero-order valence-electron chi connectivity index (χ0n) is 7.52. The predicted molar refractivity (Wildman–Crippen MR) is 32.8 cm³/mol. The Balaban J connectivity index is -0.000000240. The van der Waals surface area contributed by atoms with E-state index in [4.69, 9.17) is 5.11 Å². The van der Waals surface area contributed by atoms with Crippen LogP contribution in [0.1, 0.15) is 12.8 Å². The number of aliphatic hydroxyl groups is 1. The molecule has 0 unspecified atom stereocenters. The smallest absolute Gasteiger partial charge is 0.550 e. The molecule has 0 saturated carbocycles. The molecule has 10 heteroatoms. The average molecular weight is 319 g/mol. The van der Waals surface area contributed by atoms with Crippen LogP contribution in [0.5, 0.6) is 0 Å². The van der Waals surface area contributed by atoms with Crippen molar-refractivity contribution in [1.82, 2.24) is 0 Å². The third kappa shape index (κ3) is 8.66. The Bertz CT molecular complexity index is 237. The van der Waals surface area contributed by atoms with Crippen molar-refractivity contribution in [3.8, 4) is 0 Å². The summed E-state index contributed by atoms with van der Waals surface area (Å²) in [5, 5.41) is 38.9. The van der Waals surface area contributed by atoms with E-state index < -0.39 is 36.4 Å². The van der Waals surface area contributed by atoms with Gasteiger partial charge in [-0.05, 0) is 0 Å². The van der Waals surface area contributed by atoms with E-state index in [9.17, 15) is 29.7 Å². The molecule has 0 aromatic heterocycles. The van der Waals surface area contributed by atoms with Gasteiger partial charge in [0.25, 0.3) is 0 Å². The summed E-state index contributed by atoms with van der Waals surface area (Å²) in [4.78, 5) is 30.0. The van der Waals surface area contributed by atoms with Crippen molar-refractivity contribution in [2.75, 3.05) is 0 Å². The van der Waals surface area contributed by atoms with Crippen LogP contribution in [0.3, 0.4) is 0 Å². The molecule has 8 nitrogen and oxygen atoms in total. The molecule has 0 aromatic rings. The third-order valence-electron chi connectivity index (χ3n) is 1.25. The van der Waals surface area contributed by atoms with Gasteiger partial charge in [-0.15, -0.1) is 0 Å². The van der Waals surface area contributed by atoms with Gasteiger partial charge in [-0.2, -0.15) is 0 Å². The fraction of sp³-hybridized carbons (Fsp3) is 0.500. The summed E-state index contributed by atoms with van der Waals surface area (Å²) in [5.41, 5.74) is -2.97. The molecule has 0 aliphatic rings. The molecule has 0 fully saturated rings. The van der Waals surface area contributed by atoms with Gasteiger partial charge in [0.05, 0.1) is 5.97 Å². The topological polar surface area (TPSA) is 172 Å². The largest absolute Gasteiger partial charge is 2.00 e. The first-order chi connectivity index (χ1) is 5.78. The first-order valence-electron chi connectivity index (χ1n) is 3.11. The first kappa shape index (κ1) is 24.6. The van der Waals surface area contributed by atoms with E-state index in [0.717, 1.165) is 0 Å². The summed E-state index contributed by atoms with van der Waals surface area (Å²) in [5.74, 6) is -5.98. The molecule has 0 atom stereocenters. The minimum Gasteiger partial charge on any atom is -0.550 e. The maximum Gasteiger partial charge on any atom is 2.00 e. The Morgan fingerprint density at radius 1 is 0.938 bits per heavy atom. The Labute approximate surface area is 111 Å². The Kier molecular flexibility index (Phi) is 14.7. The second-order valence-corrected chi connectivity index (χ2v) is 2.42. The second kappa shape index (κ2) is 9.58. The van der Waals surface area contributed by atoms with Crippen molar-refractivity contribution in [3.05, 3.63) is 0 Å². The number of carbonyl (C=O) groups is 3. The van der Waals surface area contributed by atoms with Crippen molar-refractivity contribution < 1.29 is 74.4 Å². The van der Waals surface area contributed by atoms with Crippen molar-refractivity contribution in [3.63, 3.8) is 0 Å². The van der Waals surface area contributed by atoms with Gasteiger partial charge >= 0.3 is 34.1 Å². The average Bonchev–Trinajstić information content (AvgIpc) is 1.82. The zero-order valence-corrected chi connectivity index (χ0v) is 9.73. The number of hydrogen-bond donors (Lipinski definition) is 1. The number of carboxylic acid groups (broad SMARTS) is 3.